The molecule has 1 fully saturated rings. The van der Waals surface area contributed by atoms with Gasteiger partial charge in [-0.05, 0) is 36.4 Å². The quantitative estimate of drug-likeness (QED) is 0.543. The molecule has 2 aromatic carbocycles. The molecular weight excluding hydrogens is 469 g/mol. The van der Waals surface area contributed by atoms with Crippen LogP contribution in [0.2, 0.25) is 0 Å². The number of amides is 2. The van der Waals surface area contributed by atoms with Crippen molar-refractivity contribution in [2.45, 2.75) is 6.61 Å². The Morgan fingerprint density at radius 1 is 1.06 bits per heavy atom. The maximum absolute atomic E-state index is 13.1. The Bertz CT molecular complexity index is 1150. The first kappa shape index (κ1) is 23.7. The lowest BCUT2D eigenvalue weighted by atomic mass is 10.1. The van der Waals surface area contributed by atoms with Crippen LogP contribution in [-0.2, 0) is 4.79 Å². The first-order chi connectivity index (χ1) is 16.4. The van der Waals surface area contributed by atoms with Gasteiger partial charge in [-0.1, -0.05) is 12.1 Å². The molecule has 0 aliphatic carbocycles. The fourth-order valence-electron chi connectivity index (χ4n) is 3.57. The summed E-state index contributed by atoms with van der Waals surface area (Å²) < 4.78 is 42.8. The van der Waals surface area contributed by atoms with Gasteiger partial charge in [0, 0.05) is 37.1 Å². The molecule has 0 bridgehead atoms. The normalized spacial score (nSPS) is 14.3. The monoisotopic (exact) mass is 490 g/mol. The number of hydrogen-bond donors (Lipinski definition) is 1. The topological polar surface area (TPSA) is 74.8 Å². The summed E-state index contributed by atoms with van der Waals surface area (Å²) in [4.78, 5) is 33.1. The number of hydrogen-bond acceptors (Lipinski definition) is 6. The molecule has 178 valence electrons. The molecule has 34 heavy (non-hydrogen) atoms. The van der Waals surface area contributed by atoms with E-state index in [1.165, 1.54) is 41.7 Å². The van der Waals surface area contributed by atoms with Crippen molar-refractivity contribution in [3.63, 3.8) is 0 Å². The van der Waals surface area contributed by atoms with E-state index < -0.39 is 12.5 Å². The summed E-state index contributed by atoms with van der Waals surface area (Å²) in [5.74, 6) is -1.13. The fraction of sp³-hybridized carbons (Fsp3) is 0.261. The number of nitrogens with zero attached hydrogens (tertiary/aromatic N) is 3. The van der Waals surface area contributed by atoms with Gasteiger partial charge in [-0.15, -0.1) is 11.3 Å². The summed E-state index contributed by atoms with van der Waals surface area (Å²) in [7, 11) is 0. The van der Waals surface area contributed by atoms with E-state index in [2.05, 4.69) is 15.0 Å². The molecule has 0 unspecified atom stereocenters. The lowest BCUT2D eigenvalue weighted by molar-refractivity contribution is -0.117. The Morgan fingerprint density at radius 2 is 1.76 bits per heavy atom. The van der Waals surface area contributed by atoms with E-state index in [4.69, 9.17) is 0 Å². The summed E-state index contributed by atoms with van der Waals surface area (Å²) in [5, 5.41) is 4.98. The standard InChI is InChI=1S/C23H21F3N4O3S/c24-16-7-5-15(6-8-16)18-14-34-23(27-18)28-20(31)13-29-9-11-30(12-10-29)21(32)17-3-1-2-4-19(17)33-22(25)26/h1-8,14,22H,9-13H2,(H,27,28,31). The SMILES string of the molecule is O=C(CN1CCN(C(=O)c2ccccc2OC(F)F)CC1)Nc1nc(-c2ccc(F)cc2)cs1. The molecule has 7 nitrogen and oxygen atoms in total. The highest BCUT2D eigenvalue weighted by Crippen LogP contribution is 2.25. The highest BCUT2D eigenvalue weighted by atomic mass is 32.1. The Balaban J connectivity index is 1.28. The molecule has 0 atom stereocenters. The maximum Gasteiger partial charge on any atom is 0.387 e. The highest BCUT2D eigenvalue weighted by molar-refractivity contribution is 7.14. The average Bonchev–Trinajstić information content (AvgIpc) is 3.28. The van der Waals surface area contributed by atoms with Crippen LogP contribution < -0.4 is 10.1 Å². The molecule has 0 saturated carbocycles. The van der Waals surface area contributed by atoms with Crippen LogP contribution in [-0.4, -0.2) is 65.9 Å². The summed E-state index contributed by atoms with van der Waals surface area (Å²) in [6.45, 7) is -1.29. The number of alkyl halides is 2. The van der Waals surface area contributed by atoms with Crippen molar-refractivity contribution < 1.29 is 27.5 Å². The molecular formula is C23H21F3N4O3S. The highest BCUT2D eigenvalue weighted by Gasteiger charge is 2.26. The van der Waals surface area contributed by atoms with E-state index >= 15 is 0 Å². The third-order valence-corrected chi connectivity index (χ3v) is 6.01. The predicted octanol–water partition coefficient (Wildman–Crippen LogP) is 3.95. The van der Waals surface area contributed by atoms with Gasteiger partial charge in [0.2, 0.25) is 5.91 Å². The molecule has 1 aromatic heterocycles. The average molecular weight is 491 g/mol. The molecule has 1 N–H and O–H groups in total. The summed E-state index contributed by atoms with van der Waals surface area (Å²) >= 11 is 1.27. The first-order valence-electron chi connectivity index (χ1n) is 10.5. The number of halogens is 3. The molecule has 1 aliphatic heterocycles. The molecule has 2 amide bonds. The maximum atomic E-state index is 13.1. The summed E-state index contributed by atoms with van der Waals surface area (Å²) in [6, 6.07) is 11.8. The number of ether oxygens (including phenoxy) is 1. The van der Waals surface area contributed by atoms with Gasteiger partial charge in [-0.25, -0.2) is 9.37 Å². The van der Waals surface area contributed by atoms with Crippen LogP contribution in [0.1, 0.15) is 10.4 Å². The zero-order chi connectivity index (χ0) is 24.1. The second kappa shape index (κ2) is 10.7. The Hall–Kier alpha value is -3.44. The molecule has 0 spiro atoms. The van der Waals surface area contributed by atoms with Crippen LogP contribution in [0, 0.1) is 5.82 Å². The fourth-order valence-corrected chi connectivity index (χ4v) is 4.30. The van der Waals surface area contributed by atoms with Gasteiger partial charge in [0.15, 0.2) is 5.13 Å². The number of nitrogens with one attached hydrogen (secondary N) is 1. The van der Waals surface area contributed by atoms with Crippen LogP contribution in [0.5, 0.6) is 5.75 Å². The zero-order valence-electron chi connectivity index (χ0n) is 17.9. The molecule has 1 saturated heterocycles. The van der Waals surface area contributed by atoms with Crippen molar-refractivity contribution in [1.82, 2.24) is 14.8 Å². The molecule has 11 heteroatoms. The lowest BCUT2D eigenvalue weighted by Gasteiger charge is -2.34. The Kier molecular flexibility index (Phi) is 7.43. The van der Waals surface area contributed by atoms with Crippen LogP contribution in [0.15, 0.2) is 53.9 Å². The van der Waals surface area contributed by atoms with Gasteiger partial charge < -0.3 is 15.0 Å². The number of carbonyl (C=O) groups excluding carboxylic acids is 2. The van der Waals surface area contributed by atoms with Crippen molar-refractivity contribution in [2.24, 2.45) is 0 Å². The number of para-hydroxylation sites is 1. The van der Waals surface area contributed by atoms with Crippen molar-refractivity contribution in [3.05, 3.63) is 65.3 Å². The number of piperazine rings is 1. The minimum Gasteiger partial charge on any atom is -0.434 e. The van der Waals surface area contributed by atoms with E-state index in [0.29, 0.717) is 37.0 Å². The van der Waals surface area contributed by atoms with E-state index in [1.807, 2.05) is 4.90 Å². The number of carbonyl (C=O) groups is 2. The van der Waals surface area contributed by atoms with Crippen LogP contribution in [0.4, 0.5) is 18.3 Å². The van der Waals surface area contributed by atoms with Crippen molar-refractivity contribution in [1.29, 1.82) is 0 Å². The third kappa shape index (κ3) is 5.91. The zero-order valence-corrected chi connectivity index (χ0v) is 18.7. The van der Waals surface area contributed by atoms with Crippen LogP contribution >= 0.6 is 11.3 Å². The third-order valence-electron chi connectivity index (χ3n) is 5.25. The van der Waals surface area contributed by atoms with Gasteiger partial charge in [0.05, 0.1) is 17.8 Å². The second-order valence-electron chi connectivity index (χ2n) is 7.54. The van der Waals surface area contributed by atoms with Gasteiger partial charge in [-0.2, -0.15) is 8.78 Å². The van der Waals surface area contributed by atoms with Crippen LogP contribution in [0.25, 0.3) is 11.3 Å². The van der Waals surface area contributed by atoms with Crippen molar-refractivity contribution in [3.8, 4) is 17.0 Å². The molecule has 2 heterocycles. The summed E-state index contributed by atoms with van der Waals surface area (Å²) in [6.07, 6.45) is 0. The minimum absolute atomic E-state index is 0.0784. The largest absolute Gasteiger partial charge is 0.434 e. The predicted molar refractivity (Wildman–Crippen MR) is 122 cm³/mol. The van der Waals surface area contributed by atoms with E-state index in [0.717, 1.165) is 5.56 Å². The minimum atomic E-state index is -3.02. The first-order valence-corrected chi connectivity index (χ1v) is 11.3. The second-order valence-corrected chi connectivity index (χ2v) is 8.39. The number of benzene rings is 2. The smallest absolute Gasteiger partial charge is 0.387 e. The molecule has 3 aromatic rings. The molecule has 1 aliphatic rings. The van der Waals surface area contributed by atoms with Gasteiger partial charge >= 0.3 is 6.61 Å². The van der Waals surface area contributed by atoms with Gasteiger partial charge in [0.25, 0.3) is 5.91 Å². The molecule has 0 radical (unpaired) electrons. The number of aromatic nitrogens is 1. The van der Waals surface area contributed by atoms with Gasteiger partial charge in [-0.3, -0.25) is 14.5 Å². The van der Waals surface area contributed by atoms with Crippen LogP contribution in [0.3, 0.4) is 0 Å². The molecule has 4 rings (SSSR count). The summed E-state index contributed by atoms with van der Waals surface area (Å²) in [5.41, 5.74) is 1.47. The van der Waals surface area contributed by atoms with Crippen molar-refractivity contribution >= 4 is 28.3 Å². The number of anilines is 1. The number of rotatable bonds is 7. The van der Waals surface area contributed by atoms with E-state index in [9.17, 15) is 22.8 Å². The Morgan fingerprint density at radius 3 is 2.47 bits per heavy atom. The lowest BCUT2D eigenvalue weighted by Crippen LogP contribution is -2.50. The van der Waals surface area contributed by atoms with E-state index in [1.54, 1.807) is 28.5 Å². The number of thiazole rings is 1. The van der Waals surface area contributed by atoms with E-state index in [-0.39, 0.29) is 29.6 Å². The van der Waals surface area contributed by atoms with Crippen molar-refractivity contribution in [2.75, 3.05) is 38.0 Å². The van der Waals surface area contributed by atoms with Gasteiger partial charge in [0.1, 0.15) is 11.6 Å². The Labute approximate surface area is 197 Å².